The Morgan fingerprint density at radius 1 is 1.33 bits per heavy atom. The zero-order valence-corrected chi connectivity index (χ0v) is 7.88. The smallest absolute Gasteiger partial charge is 0.341 e. The van der Waals surface area contributed by atoms with Crippen LogP contribution >= 0.6 is 0 Å². The van der Waals surface area contributed by atoms with Crippen molar-refractivity contribution in [2.24, 2.45) is 0 Å². The van der Waals surface area contributed by atoms with Gasteiger partial charge in [0, 0.05) is 11.6 Å². The summed E-state index contributed by atoms with van der Waals surface area (Å²) < 4.78 is 5.07. The first-order chi connectivity index (χ1) is 7.27. The first-order valence-corrected chi connectivity index (χ1v) is 4.46. The van der Waals surface area contributed by atoms with E-state index in [0.29, 0.717) is 5.88 Å². The van der Waals surface area contributed by atoms with Gasteiger partial charge >= 0.3 is 5.97 Å². The van der Waals surface area contributed by atoms with Crippen LogP contribution in [0.3, 0.4) is 0 Å². The molecule has 1 heterocycles. The molecule has 1 N–H and O–H groups in total. The van der Waals surface area contributed by atoms with Crippen LogP contribution in [0, 0.1) is 0 Å². The van der Waals surface area contributed by atoms with Crippen molar-refractivity contribution in [1.82, 2.24) is 4.98 Å². The van der Waals surface area contributed by atoms with Crippen LogP contribution in [-0.2, 0) is 4.79 Å². The Bertz CT molecular complexity index is 491. The molecule has 0 saturated carbocycles. The summed E-state index contributed by atoms with van der Waals surface area (Å²) in [5.41, 5.74) is 0. The van der Waals surface area contributed by atoms with E-state index >= 15 is 0 Å². The van der Waals surface area contributed by atoms with Crippen LogP contribution in [0.25, 0.3) is 10.8 Å². The van der Waals surface area contributed by atoms with Crippen molar-refractivity contribution in [3.05, 3.63) is 36.5 Å². The summed E-state index contributed by atoms with van der Waals surface area (Å²) in [5.74, 6) is -0.653. The molecule has 4 heteroatoms. The number of hydrogen-bond donors (Lipinski definition) is 1. The summed E-state index contributed by atoms with van der Waals surface area (Å²) in [5, 5.41) is 10.3. The van der Waals surface area contributed by atoms with Crippen LogP contribution in [0.5, 0.6) is 5.88 Å². The molecule has 0 amide bonds. The number of ether oxygens (including phenoxy) is 1. The standard InChI is InChI=1S/C11H9NO3/c13-10(14)7-15-11-9-4-2-1-3-8(9)5-6-12-11/h1-6H,7H2,(H,13,14). The number of hydrogen-bond acceptors (Lipinski definition) is 3. The fraction of sp³-hybridized carbons (Fsp3) is 0.0909. The maximum absolute atomic E-state index is 10.4. The van der Waals surface area contributed by atoms with Gasteiger partial charge in [0.05, 0.1) is 0 Å². The molecule has 0 unspecified atom stereocenters. The Morgan fingerprint density at radius 2 is 2.13 bits per heavy atom. The van der Waals surface area contributed by atoms with Gasteiger partial charge in [0.25, 0.3) is 0 Å². The van der Waals surface area contributed by atoms with E-state index in [0.717, 1.165) is 10.8 Å². The number of rotatable bonds is 3. The quantitative estimate of drug-likeness (QED) is 0.824. The third kappa shape index (κ3) is 2.04. The number of carboxylic acid groups (broad SMARTS) is 1. The van der Waals surface area contributed by atoms with Gasteiger partial charge in [-0.2, -0.15) is 0 Å². The van der Waals surface area contributed by atoms with Crippen molar-refractivity contribution in [3.8, 4) is 5.88 Å². The molecule has 1 aromatic heterocycles. The summed E-state index contributed by atoms with van der Waals surface area (Å²) in [6.45, 7) is -0.374. The van der Waals surface area contributed by atoms with Crippen molar-refractivity contribution in [2.75, 3.05) is 6.61 Å². The number of aromatic nitrogens is 1. The summed E-state index contributed by atoms with van der Waals surface area (Å²) in [4.78, 5) is 14.3. The predicted molar refractivity (Wildman–Crippen MR) is 54.9 cm³/mol. The third-order valence-corrected chi connectivity index (χ3v) is 1.97. The number of carboxylic acids is 1. The molecule has 0 aliphatic rings. The highest BCUT2D eigenvalue weighted by atomic mass is 16.5. The number of nitrogens with zero attached hydrogens (tertiary/aromatic N) is 1. The van der Waals surface area contributed by atoms with Gasteiger partial charge in [0.1, 0.15) is 0 Å². The van der Waals surface area contributed by atoms with Crippen molar-refractivity contribution in [2.45, 2.75) is 0 Å². The second kappa shape index (κ2) is 3.96. The molecule has 0 spiro atoms. The highest BCUT2D eigenvalue weighted by Crippen LogP contribution is 2.21. The lowest BCUT2D eigenvalue weighted by Crippen LogP contribution is -2.10. The lowest BCUT2D eigenvalue weighted by Gasteiger charge is -2.05. The van der Waals surface area contributed by atoms with E-state index in [2.05, 4.69) is 4.98 Å². The first kappa shape index (κ1) is 9.45. The number of pyridine rings is 1. The molecule has 0 saturated heterocycles. The van der Waals surface area contributed by atoms with Crippen LogP contribution in [0.15, 0.2) is 36.5 Å². The number of fused-ring (bicyclic) bond motifs is 1. The van der Waals surface area contributed by atoms with Crippen LogP contribution in [-0.4, -0.2) is 22.7 Å². The van der Waals surface area contributed by atoms with E-state index in [1.54, 1.807) is 6.20 Å². The molecule has 0 fully saturated rings. The average Bonchev–Trinajstić information content (AvgIpc) is 2.26. The van der Waals surface area contributed by atoms with Gasteiger partial charge in [-0.25, -0.2) is 9.78 Å². The molecule has 0 aliphatic carbocycles. The molecule has 0 aliphatic heterocycles. The molecular formula is C11H9NO3. The Hall–Kier alpha value is -2.10. The Kier molecular flexibility index (Phi) is 2.49. The molecule has 0 atom stereocenters. The van der Waals surface area contributed by atoms with E-state index < -0.39 is 5.97 Å². The molecule has 15 heavy (non-hydrogen) atoms. The Labute approximate surface area is 86.1 Å². The van der Waals surface area contributed by atoms with Gasteiger partial charge in [-0.05, 0) is 17.5 Å². The Morgan fingerprint density at radius 3 is 2.93 bits per heavy atom. The molecule has 4 nitrogen and oxygen atoms in total. The van der Waals surface area contributed by atoms with Crippen molar-refractivity contribution in [1.29, 1.82) is 0 Å². The number of benzene rings is 1. The summed E-state index contributed by atoms with van der Waals surface area (Å²) in [6.07, 6.45) is 1.60. The van der Waals surface area contributed by atoms with Crippen LogP contribution in [0.4, 0.5) is 0 Å². The number of carbonyl (C=O) groups is 1. The van der Waals surface area contributed by atoms with E-state index in [-0.39, 0.29) is 6.61 Å². The Balaban J connectivity index is 2.38. The van der Waals surface area contributed by atoms with E-state index in [4.69, 9.17) is 9.84 Å². The monoisotopic (exact) mass is 203 g/mol. The lowest BCUT2D eigenvalue weighted by atomic mass is 10.2. The normalized spacial score (nSPS) is 10.1. The lowest BCUT2D eigenvalue weighted by molar-refractivity contribution is -0.139. The fourth-order valence-corrected chi connectivity index (χ4v) is 1.34. The van der Waals surface area contributed by atoms with E-state index in [9.17, 15) is 4.79 Å². The molecule has 2 rings (SSSR count). The summed E-state index contributed by atoms with van der Waals surface area (Å²) >= 11 is 0. The maximum Gasteiger partial charge on any atom is 0.341 e. The van der Waals surface area contributed by atoms with Gasteiger partial charge in [-0.15, -0.1) is 0 Å². The molecule has 1 aromatic carbocycles. The van der Waals surface area contributed by atoms with Crippen molar-refractivity contribution < 1.29 is 14.6 Å². The SMILES string of the molecule is O=C(O)COc1nccc2ccccc12. The molecule has 0 radical (unpaired) electrons. The zero-order chi connectivity index (χ0) is 10.7. The molecule has 0 bridgehead atoms. The largest absolute Gasteiger partial charge is 0.479 e. The topological polar surface area (TPSA) is 59.4 Å². The maximum atomic E-state index is 10.4. The van der Waals surface area contributed by atoms with Gasteiger partial charge in [0.2, 0.25) is 5.88 Å². The average molecular weight is 203 g/mol. The van der Waals surface area contributed by atoms with Crippen LogP contribution < -0.4 is 4.74 Å². The first-order valence-electron chi connectivity index (χ1n) is 4.46. The second-order valence-electron chi connectivity index (χ2n) is 3.02. The van der Waals surface area contributed by atoms with Gasteiger partial charge in [-0.1, -0.05) is 18.2 Å². The highest BCUT2D eigenvalue weighted by Gasteiger charge is 2.04. The van der Waals surface area contributed by atoms with Crippen LogP contribution in [0.1, 0.15) is 0 Å². The third-order valence-electron chi connectivity index (χ3n) is 1.97. The highest BCUT2D eigenvalue weighted by molar-refractivity contribution is 5.86. The molecular weight excluding hydrogens is 194 g/mol. The summed E-state index contributed by atoms with van der Waals surface area (Å²) in [7, 11) is 0. The minimum Gasteiger partial charge on any atom is -0.479 e. The predicted octanol–water partition coefficient (Wildman–Crippen LogP) is 1.70. The van der Waals surface area contributed by atoms with Crippen LogP contribution in [0.2, 0.25) is 0 Å². The van der Waals surface area contributed by atoms with E-state index in [1.807, 2.05) is 30.3 Å². The van der Waals surface area contributed by atoms with Gasteiger partial charge in [-0.3, -0.25) is 0 Å². The van der Waals surface area contributed by atoms with Gasteiger partial charge in [0.15, 0.2) is 6.61 Å². The van der Waals surface area contributed by atoms with Crippen molar-refractivity contribution in [3.63, 3.8) is 0 Å². The van der Waals surface area contributed by atoms with Crippen molar-refractivity contribution >= 4 is 16.7 Å². The number of aliphatic carboxylic acids is 1. The zero-order valence-electron chi connectivity index (χ0n) is 7.88. The van der Waals surface area contributed by atoms with Gasteiger partial charge < -0.3 is 9.84 Å². The van der Waals surface area contributed by atoms with E-state index in [1.165, 1.54) is 0 Å². The molecule has 76 valence electrons. The second-order valence-corrected chi connectivity index (χ2v) is 3.02. The summed E-state index contributed by atoms with van der Waals surface area (Å²) in [6, 6.07) is 9.38. The minimum absolute atomic E-state index is 0.357. The fourth-order valence-electron chi connectivity index (χ4n) is 1.34. The molecule has 2 aromatic rings. The minimum atomic E-state index is -1.01.